The van der Waals surface area contributed by atoms with E-state index in [-0.39, 0.29) is 24.3 Å². The molecule has 2 aromatic heterocycles. The van der Waals surface area contributed by atoms with Crippen molar-refractivity contribution in [3.8, 4) is 5.75 Å². The van der Waals surface area contributed by atoms with Gasteiger partial charge in [0.25, 0.3) is 0 Å². The molecule has 148 valence electrons. The van der Waals surface area contributed by atoms with E-state index in [2.05, 4.69) is 32.7 Å². The Morgan fingerprint density at radius 1 is 1.11 bits per heavy atom. The largest absolute Gasteiger partial charge is 0.489 e. The molecule has 2 aromatic rings. The fourth-order valence-electron chi connectivity index (χ4n) is 4.46. The number of hydrogen-bond acceptors (Lipinski definition) is 6. The minimum absolute atomic E-state index is 0.0393. The lowest BCUT2D eigenvalue weighted by Crippen LogP contribution is -2.49. The van der Waals surface area contributed by atoms with Gasteiger partial charge in [-0.3, -0.25) is 10.1 Å². The van der Waals surface area contributed by atoms with Crippen LogP contribution in [0.4, 0.5) is 16.3 Å². The average molecular weight is 383 g/mol. The summed E-state index contributed by atoms with van der Waals surface area (Å²) in [6.45, 7) is 2.07. The maximum Gasteiger partial charge on any atom is 0.407 e. The first-order chi connectivity index (χ1) is 13.6. The molecule has 28 heavy (non-hydrogen) atoms. The van der Waals surface area contributed by atoms with Crippen LogP contribution < -0.4 is 15.4 Å². The third kappa shape index (κ3) is 3.50. The van der Waals surface area contributed by atoms with Crippen molar-refractivity contribution in [2.75, 3.05) is 5.32 Å². The van der Waals surface area contributed by atoms with Crippen LogP contribution in [0.3, 0.4) is 0 Å². The fraction of sp³-hybridized carbons (Fsp3) is 0.550. The molecule has 2 aliphatic carbocycles. The fourth-order valence-corrected chi connectivity index (χ4v) is 4.46. The van der Waals surface area contributed by atoms with E-state index in [0.717, 1.165) is 55.1 Å². The highest BCUT2D eigenvalue weighted by Gasteiger charge is 2.36. The highest BCUT2D eigenvalue weighted by Crippen LogP contribution is 2.37. The maximum absolute atomic E-state index is 12.2. The second-order valence-corrected chi connectivity index (χ2v) is 8.18. The molecule has 2 saturated carbocycles. The van der Waals surface area contributed by atoms with Gasteiger partial charge in [-0.15, -0.1) is 0 Å². The van der Waals surface area contributed by atoms with Gasteiger partial charge in [0.2, 0.25) is 0 Å². The van der Waals surface area contributed by atoms with Crippen LogP contribution in [-0.4, -0.2) is 39.5 Å². The lowest BCUT2D eigenvalue weighted by Gasteiger charge is -2.39. The Morgan fingerprint density at radius 2 is 2.00 bits per heavy atom. The van der Waals surface area contributed by atoms with Gasteiger partial charge in [0.1, 0.15) is 11.9 Å². The van der Waals surface area contributed by atoms with E-state index in [4.69, 9.17) is 9.47 Å². The molecular weight excluding hydrogens is 358 g/mol. The summed E-state index contributed by atoms with van der Waals surface area (Å²) < 4.78 is 11.7. The minimum atomic E-state index is -0.298. The van der Waals surface area contributed by atoms with Crippen molar-refractivity contribution in [1.29, 1.82) is 0 Å². The van der Waals surface area contributed by atoms with Gasteiger partial charge in [-0.1, -0.05) is 0 Å². The number of hydrogen-bond donors (Lipinski definition) is 3. The van der Waals surface area contributed by atoms with Crippen molar-refractivity contribution in [2.24, 2.45) is 5.92 Å². The molecule has 6 rings (SSSR count). The zero-order valence-electron chi connectivity index (χ0n) is 15.9. The zero-order valence-corrected chi connectivity index (χ0v) is 15.9. The Balaban J connectivity index is 1.38. The van der Waals surface area contributed by atoms with E-state index in [0.29, 0.717) is 11.8 Å². The van der Waals surface area contributed by atoms with Gasteiger partial charge >= 0.3 is 6.09 Å². The molecule has 0 spiro atoms. The summed E-state index contributed by atoms with van der Waals surface area (Å²) in [5.41, 5.74) is 1.90. The maximum atomic E-state index is 12.2. The number of anilines is 2. The summed E-state index contributed by atoms with van der Waals surface area (Å²) in [7, 11) is 0. The molecule has 4 aliphatic rings. The molecule has 0 saturated heterocycles. The molecule has 8 nitrogen and oxygen atoms in total. The molecule has 4 heterocycles. The number of carbonyl (C=O) groups is 1. The average Bonchev–Trinajstić information content (AvgIpc) is 3.26. The minimum Gasteiger partial charge on any atom is -0.489 e. The van der Waals surface area contributed by atoms with Gasteiger partial charge in [0.15, 0.2) is 5.82 Å². The van der Waals surface area contributed by atoms with E-state index in [1.807, 2.05) is 12.1 Å². The van der Waals surface area contributed by atoms with Crippen LogP contribution in [-0.2, 0) is 4.74 Å². The summed E-state index contributed by atoms with van der Waals surface area (Å²) in [6, 6.07) is 4.13. The van der Waals surface area contributed by atoms with Gasteiger partial charge in [-0.05, 0) is 44.9 Å². The van der Waals surface area contributed by atoms with E-state index < -0.39 is 0 Å². The highest BCUT2D eigenvalue weighted by molar-refractivity contribution is 5.68. The van der Waals surface area contributed by atoms with Gasteiger partial charge in [0.05, 0.1) is 24.2 Å². The van der Waals surface area contributed by atoms with Gasteiger partial charge in [-0.2, -0.15) is 5.10 Å². The predicted octanol–water partition coefficient (Wildman–Crippen LogP) is 3.47. The molecule has 8 heteroatoms. The van der Waals surface area contributed by atoms with Crippen LogP contribution in [0, 0.1) is 5.92 Å². The van der Waals surface area contributed by atoms with Crippen molar-refractivity contribution >= 4 is 17.6 Å². The Labute approximate surface area is 163 Å². The first-order valence-corrected chi connectivity index (χ1v) is 10.0. The summed E-state index contributed by atoms with van der Waals surface area (Å²) in [4.78, 5) is 16.5. The lowest BCUT2D eigenvalue weighted by atomic mass is 9.77. The molecular formula is C20H25N5O3. The van der Waals surface area contributed by atoms with Gasteiger partial charge < -0.3 is 20.1 Å². The number of amides is 1. The molecule has 8 bridgehead atoms. The van der Waals surface area contributed by atoms with Crippen LogP contribution in [0.5, 0.6) is 5.75 Å². The third-order valence-corrected chi connectivity index (χ3v) is 6.16. The number of fused-ring (bicyclic) bond motifs is 3. The number of nitrogens with one attached hydrogen (secondary N) is 3. The highest BCUT2D eigenvalue weighted by atomic mass is 16.6. The molecule has 1 amide bonds. The van der Waals surface area contributed by atoms with E-state index in [9.17, 15) is 4.79 Å². The van der Waals surface area contributed by atoms with Crippen molar-refractivity contribution < 1.29 is 14.3 Å². The topological polar surface area (TPSA) is 101 Å². The van der Waals surface area contributed by atoms with Crippen LogP contribution in [0.2, 0.25) is 0 Å². The standard InChI is InChI=1S/C20H25N5O3/c1-11-13-4-14(5-13)23-20(26)28-16-3-2-12(6-16)18-8-19(25-24-18)22-15-7-17(27-11)10-21-9-15/h7-14,16H,2-6H2,1H3,(H,23,26)(H2,22,24,25)/t11-,12+,13?,14?,16-/m1/s1. The molecule has 2 aliphatic heterocycles. The normalized spacial score (nSPS) is 31.9. The first-order valence-electron chi connectivity index (χ1n) is 10.0. The number of aromatic nitrogens is 3. The molecule has 3 atom stereocenters. The quantitative estimate of drug-likeness (QED) is 0.644. The summed E-state index contributed by atoms with van der Waals surface area (Å²) in [5.74, 6) is 2.20. The molecule has 0 radical (unpaired) electrons. The summed E-state index contributed by atoms with van der Waals surface area (Å²) in [5, 5.41) is 13.8. The second kappa shape index (κ2) is 7.00. The zero-order chi connectivity index (χ0) is 19.1. The molecule has 2 fully saturated rings. The van der Waals surface area contributed by atoms with Crippen molar-refractivity contribution in [1.82, 2.24) is 20.5 Å². The Bertz CT molecular complexity index is 863. The summed E-state index contributed by atoms with van der Waals surface area (Å²) in [6.07, 6.45) is 7.69. The van der Waals surface area contributed by atoms with Crippen LogP contribution in [0.15, 0.2) is 24.5 Å². The smallest absolute Gasteiger partial charge is 0.407 e. The van der Waals surface area contributed by atoms with Crippen LogP contribution >= 0.6 is 0 Å². The summed E-state index contributed by atoms with van der Waals surface area (Å²) >= 11 is 0. The SMILES string of the molecule is C[C@H]1Oc2cncc(c2)Nc2cc([nH]n2)[C@H]2CC[C@H](C2)OC(=O)NC2CC1C2. The number of nitrogens with zero attached hydrogens (tertiary/aromatic N) is 2. The first kappa shape index (κ1) is 17.3. The number of aromatic amines is 1. The number of ether oxygens (including phenoxy) is 2. The van der Waals surface area contributed by atoms with Gasteiger partial charge in [0, 0.05) is 29.8 Å². The van der Waals surface area contributed by atoms with Crippen LogP contribution in [0.25, 0.3) is 0 Å². The molecule has 0 aromatic carbocycles. The monoisotopic (exact) mass is 383 g/mol. The number of carbonyl (C=O) groups excluding carboxylic acids is 1. The van der Waals surface area contributed by atoms with Crippen molar-refractivity contribution in [3.05, 3.63) is 30.2 Å². The van der Waals surface area contributed by atoms with Crippen molar-refractivity contribution in [2.45, 2.75) is 63.2 Å². The molecule has 0 unspecified atom stereocenters. The Hall–Kier alpha value is -2.77. The molecule has 3 N–H and O–H groups in total. The van der Waals surface area contributed by atoms with Crippen LogP contribution in [0.1, 0.15) is 50.6 Å². The second-order valence-electron chi connectivity index (χ2n) is 8.18. The van der Waals surface area contributed by atoms with Crippen molar-refractivity contribution in [3.63, 3.8) is 0 Å². The predicted molar refractivity (Wildman–Crippen MR) is 103 cm³/mol. The Morgan fingerprint density at radius 3 is 2.89 bits per heavy atom. The number of alkyl carbamates (subject to hydrolysis) is 1. The number of pyridine rings is 1. The Kier molecular flexibility index (Phi) is 4.33. The van der Waals surface area contributed by atoms with Gasteiger partial charge in [-0.25, -0.2) is 4.79 Å². The third-order valence-electron chi connectivity index (χ3n) is 6.16. The number of rotatable bonds is 0. The number of H-pyrrole nitrogens is 1. The van der Waals surface area contributed by atoms with E-state index in [1.54, 1.807) is 12.4 Å². The lowest BCUT2D eigenvalue weighted by molar-refractivity contribution is 0.0580. The van der Waals surface area contributed by atoms with E-state index >= 15 is 0 Å². The van der Waals surface area contributed by atoms with E-state index in [1.165, 1.54) is 0 Å².